The number of para-hydroxylation sites is 1. The van der Waals surface area contributed by atoms with Gasteiger partial charge in [-0.15, -0.1) is 0 Å². The van der Waals surface area contributed by atoms with Gasteiger partial charge in [0.05, 0.1) is 10.4 Å². The van der Waals surface area contributed by atoms with Crippen molar-refractivity contribution in [3.63, 3.8) is 0 Å². The van der Waals surface area contributed by atoms with Crippen LogP contribution in [0.1, 0.15) is 35.8 Å². The van der Waals surface area contributed by atoms with E-state index in [0.29, 0.717) is 58.8 Å². The molecule has 2 atom stereocenters. The van der Waals surface area contributed by atoms with Crippen LogP contribution in [0.15, 0.2) is 102 Å². The lowest BCUT2D eigenvalue weighted by molar-refractivity contribution is 0.0405. The highest BCUT2D eigenvalue weighted by molar-refractivity contribution is 7.92. The first-order valence-electron chi connectivity index (χ1n) is 14.9. The predicted octanol–water partition coefficient (Wildman–Crippen LogP) is 6.47. The molecule has 0 bridgehead atoms. The molecule has 1 unspecified atom stereocenters. The van der Waals surface area contributed by atoms with Gasteiger partial charge in [0.25, 0.3) is 15.9 Å². The zero-order valence-electron chi connectivity index (χ0n) is 25.3. The summed E-state index contributed by atoms with van der Waals surface area (Å²) in [5.74, 6) is -1.42. The number of fused-ring (bicyclic) bond motifs is 1. The van der Waals surface area contributed by atoms with Gasteiger partial charge < -0.3 is 10.6 Å². The van der Waals surface area contributed by atoms with E-state index in [1.54, 1.807) is 41.4 Å². The lowest BCUT2D eigenvalue weighted by Crippen LogP contribution is -2.54. The summed E-state index contributed by atoms with van der Waals surface area (Å²) in [5, 5.41) is 0.867. The van der Waals surface area contributed by atoms with E-state index in [9.17, 15) is 22.0 Å². The number of amides is 1. The van der Waals surface area contributed by atoms with Gasteiger partial charge in [0, 0.05) is 77.4 Å². The number of piperazine rings is 1. The highest BCUT2D eigenvalue weighted by atomic mass is 32.2. The molecule has 4 aromatic carbocycles. The van der Waals surface area contributed by atoms with Gasteiger partial charge in [-0.1, -0.05) is 24.3 Å². The van der Waals surface area contributed by atoms with E-state index < -0.39 is 21.7 Å². The van der Waals surface area contributed by atoms with Gasteiger partial charge in [-0.25, -0.2) is 17.2 Å². The topological polar surface area (TPSA) is 109 Å². The van der Waals surface area contributed by atoms with Crippen molar-refractivity contribution >= 4 is 38.2 Å². The van der Waals surface area contributed by atoms with Crippen molar-refractivity contribution in [2.45, 2.75) is 30.8 Å². The average Bonchev–Trinajstić information content (AvgIpc) is 3.03. The first kappa shape index (κ1) is 31.1. The minimum atomic E-state index is -4.06. The van der Waals surface area contributed by atoms with Gasteiger partial charge in [0.2, 0.25) is 0 Å². The zero-order valence-corrected chi connectivity index (χ0v) is 26.1. The van der Waals surface area contributed by atoms with E-state index in [2.05, 4.69) is 14.6 Å². The summed E-state index contributed by atoms with van der Waals surface area (Å²) in [6, 6.07) is 23.4. The molecule has 0 saturated carbocycles. The number of pyridine rings is 1. The Balaban J connectivity index is 1.17. The Kier molecular flexibility index (Phi) is 8.45. The van der Waals surface area contributed by atoms with Crippen LogP contribution in [0, 0.1) is 11.6 Å². The van der Waals surface area contributed by atoms with Crippen molar-refractivity contribution in [2.75, 3.05) is 30.1 Å². The second kappa shape index (κ2) is 12.5. The van der Waals surface area contributed by atoms with Crippen LogP contribution < -0.4 is 10.5 Å². The van der Waals surface area contributed by atoms with E-state index in [1.165, 1.54) is 24.3 Å². The summed E-state index contributed by atoms with van der Waals surface area (Å²) >= 11 is 0. The first-order chi connectivity index (χ1) is 22.0. The highest BCUT2D eigenvalue weighted by Crippen LogP contribution is 2.34. The van der Waals surface area contributed by atoms with Crippen LogP contribution in [0.5, 0.6) is 0 Å². The third kappa shape index (κ3) is 6.29. The van der Waals surface area contributed by atoms with Crippen molar-refractivity contribution in [3.8, 4) is 11.1 Å². The summed E-state index contributed by atoms with van der Waals surface area (Å²) in [6.45, 7) is 5.31. The number of carbonyl (C=O) groups excluding carboxylic acids is 1. The molecule has 2 heterocycles. The summed E-state index contributed by atoms with van der Waals surface area (Å²) in [5.41, 5.74) is 9.47. The number of nitrogens with one attached hydrogen (secondary N) is 1. The van der Waals surface area contributed by atoms with Crippen LogP contribution >= 0.6 is 0 Å². The Hall–Kier alpha value is -4.87. The molecule has 46 heavy (non-hydrogen) atoms. The van der Waals surface area contributed by atoms with Crippen molar-refractivity contribution in [1.82, 2.24) is 14.8 Å². The van der Waals surface area contributed by atoms with Gasteiger partial charge in [-0.05, 0) is 80.1 Å². The van der Waals surface area contributed by atoms with Crippen molar-refractivity contribution in [2.24, 2.45) is 0 Å². The number of benzene rings is 4. The lowest BCUT2D eigenvalue weighted by Gasteiger charge is -2.42. The molecule has 1 aromatic heterocycles. The normalized spacial score (nSPS) is 16.3. The lowest BCUT2D eigenvalue weighted by atomic mass is 10.0. The van der Waals surface area contributed by atoms with Crippen LogP contribution in [0.3, 0.4) is 0 Å². The number of sulfonamides is 1. The molecule has 1 amide bonds. The smallest absolute Gasteiger partial charge is 0.262 e. The van der Waals surface area contributed by atoms with Crippen LogP contribution in [-0.4, -0.2) is 54.8 Å². The van der Waals surface area contributed by atoms with Crippen LogP contribution in [0.4, 0.5) is 20.2 Å². The maximum atomic E-state index is 13.8. The number of nitrogens with two attached hydrogens (primary N) is 1. The third-order valence-corrected chi connectivity index (χ3v) is 9.87. The minimum absolute atomic E-state index is 0.0434. The summed E-state index contributed by atoms with van der Waals surface area (Å²) < 4.78 is 57.6. The molecule has 1 aliphatic rings. The molecule has 1 aliphatic heterocycles. The van der Waals surface area contributed by atoms with Gasteiger partial charge in [-0.2, -0.15) is 0 Å². The molecule has 8 nitrogen and oxygen atoms in total. The molecule has 3 N–H and O–H groups in total. The monoisotopic (exact) mass is 641 g/mol. The van der Waals surface area contributed by atoms with Crippen molar-refractivity contribution in [3.05, 3.63) is 120 Å². The number of rotatable bonds is 7. The van der Waals surface area contributed by atoms with Crippen LogP contribution in [0.2, 0.25) is 0 Å². The maximum Gasteiger partial charge on any atom is 0.262 e. The number of nitrogen functional groups attached to an aromatic ring is 1. The molecule has 1 fully saturated rings. The van der Waals surface area contributed by atoms with E-state index in [0.717, 1.165) is 11.5 Å². The van der Waals surface area contributed by atoms with Crippen molar-refractivity contribution < 1.29 is 22.0 Å². The number of halogens is 2. The Labute approximate surface area is 266 Å². The number of hydrogen-bond acceptors (Lipinski definition) is 6. The van der Waals surface area contributed by atoms with Gasteiger partial charge in [0.15, 0.2) is 0 Å². The molecule has 1 saturated heterocycles. The Morgan fingerprint density at radius 3 is 2.37 bits per heavy atom. The Bertz CT molecular complexity index is 2010. The zero-order chi connectivity index (χ0) is 32.6. The number of aromatic nitrogens is 1. The first-order valence-corrected chi connectivity index (χ1v) is 16.4. The minimum Gasteiger partial charge on any atom is -0.399 e. The number of hydrogen-bond donors (Lipinski definition) is 2. The standard InChI is InChI=1S/C35H33F2N5O3S/c1-22-21-41(23(2)26-17-27(36)19-28(37)18-26)15-16-42(22)35(43)25-8-11-30(12-9-25)40-46(44,45)33-13-10-29(38)20-32(33)31-7-3-5-24-6-4-14-39-34(24)31/h3-14,17-20,22-23,40H,15-16,21,38H2,1-2H3/t22-,23?/m1/s1. The van der Waals surface area contributed by atoms with E-state index in [4.69, 9.17) is 5.73 Å². The quantitative estimate of drug-likeness (QED) is 0.197. The Morgan fingerprint density at radius 1 is 0.935 bits per heavy atom. The fraction of sp³-hybridized carbons (Fsp3) is 0.200. The molecule has 0 spiro atoms. The summed E-state index contributed by atoms with van der Waals surface area (Å²) in [6.07, 6.45) is 1.66. The summed E-state index contributed by atoms with van der Waals surface area (Å²) in [4.78, 5) is 21.8. The molecule has 5 aromatic rings. The predicted molar refractivity (Wildman–Crippen MR) is 176 cm³/mol. The van der Waals surface area contributed by atoms with Crippen molar-refractivity contribution in [1.29, 1.82) is 0 Å². The van der Waals surface area contributed by atoms with Crippen LogP contribution in [-0.2, 0) is 10.0 Å². The molecule has 0 aliphatic carbocycles. The van der Waals surface area contributed by atoms with E-state index in [-0.39, 0.29) is 22.9 Å². The number of carbonyl (C=O) groups is 1. The SMILES string of the molecule is CC(c1cc(F)cc(F)c1)N1CCN(C(=O)c2ccc(NS(=O)(=O)c3ccc(N)cc3-c3cccc4cccnc34)cc2)[C@H](C)C1. The maximum absolute atomic E-state index is 13.8. The van der Waals surface area contributed by atoms with Gasteiger partial charge in [0.1, 0.15) is 11.6 Å². The molecule has 11 heteroatoms. The second-order valence-electron chi connectivity index (χ2n) is 11.5. The fourth-order valence-electron chi connectivity index (χ4n) is 6.04. The molecular formula is C35H33F2N5O3S. The molecule has 6 rings (SSSR count). The number of anilines is 2. The van der Waals surface area contributed by atoms with Crippen LogP contribution in [0.25, 0.3) is 22.0 Å². The van der Waals surface area contributed by atoms with E-state index in [1.807, 2.05) is 44.2 Å². The fourth-order valence-corrected chi connectivity index (χ4v) is 7.30. The highest BCUT2D eigenvalue weighted by Gasteiger charge is 2.31. The second-order valence-corrected chi connectivity index (χ2v) is 13.2. The van der Waals surface area contributed by atoms with Gasteiger partial charge >= 0.3 is 0 Å². The Morgan fingerprint density at radius 2 is 1.65 bits per heavy atom. The van der Waals surface area contributed by atoms with E-state index >= 15 is 0 Å². The molecular weight excluding hydrogens is 608 g/mol. The molecule has 236 valence electrons. The molecule has 0 radical (unpaired) electrons. The average molecular weight is 642 g/mol. The third-order valence-electron chi connectivity index (χ3n) is 8.43. The summed E-state index contributed by atoms with van der Waals surface area (Å²) in [7, 11) is -4.06. The number of nitrogens with zero attached hydrogens (tertiary/aromatic N) is 3. The largest absolute Gasteiger partial charge is 0.399 e. The van der Waals surface area contributed by atoms with Gasteiger partial charge in [-0.3, -0.25) is 19.4 Å².